The molecule has 1 saturated heterocycles. The molecule has 1 aromatic heterocycles. The van der Waals surface area contributed by atoms with E-state index in [1.165, 1.54) is 11.3 Å². The van der Waals surface area contributed by atoms with E-state index in [-0.39, 0.29) is 11.1 Å². The lowest BCUT2D eigenvalue weighted by Gasteiger charge is -2.50. The van der Waals surface area contributed by atoms with Crippen LogP contribution in [-0.4, -0.2) is 29.1 Å². The predicted molar refractivity (Wildman–Crippen MR) is 75.5 cm³/mol. The van der Waals surface area contributed by atoms with Crippen LogP contribution in [0.1, 0.15) is 39.0 Å². The molecule has 0 radical (unpaired) electrons. The normalized spacial score (nSPS) is 29.4. The van der Waals surface area contributed by atoms with Crippen molar-refractivity contribution in [3.63, 3.8) is 0 Å². The third kappa shape index (κ3) is 2.90. The summed E-state index contributed by atoms with van der Waals surface area (Å²) in [5, 5.41) is 5.88. The molecule has 2 heterocycles. The minimum Gasteiger partial charge on any atom is -0.308 e. The highest BCUT2D eigenvalue weighted by atomic mass is 32.1. The van der Waals surface area contributed by atoms with Gasteiger partial charge < -0.3 is 5.32 Å². The van der Waals surface area contributed by atoms with Crippen molar-refractivity contribution < 1.29 is 0 Å². The van der Waals surface area contributed by atoms with Crippen LogP contribution >= 0.6 is 11.3 Å². The Bertz CT molecular complexity index is 358. The zero-order valence-electron chi connectivity index (χ0n) is 11.4. The molecule has 17 heavy (non-hydrogen) atoms. The van der Waals surface area contributed by atoms with Crippen LogP contribution in [0.5, 0.6) is 0 Å². The lowest BCUT2D eigenvalue weighted by atomic mass is 9.88. The van der Waals surface area contributed by atoms with E-state index in [2.05, 4.69) is 55.4 Å². The predicted octanol–water partition coefficient (Wildman–Crippen LogP) is 3.10. The largest absolute Gasteiger partial charge is 0.308 e. The van der Waals surface area contributed by atoms with Gasteiger partial charge in [-0.3, -0.25) is 4.90 Å². The van der Waals surface area contributed by atoms with E-state index in [0.29, 0.717) is 0 Å². The highest BCUT2D eigenvalue weighted by molar-refractivity contribution is 7.09. The SMILES string of the molecule is CCC1(C)CN(Cc2cccs2)C(C)(C)CN1. The van der Waals surface area contributed by atoms with Gasteiger partial charge in [0.1, 0.15) is 0 Å². The molecule has 1 aliphatic rings. The number of hydrogen-bond acceptors (Lipinski definition) is 3. The summed E-state index contributed by atoms with van der Waals surface area (Å²) < 4.78 is 0. The molecule has 0 aliphatic carbocycles. The molecule has 2 nitrogen and oxygen atoms in total. The second-order valence-corrected chi connectivity index (χ2v) is 7.05. The summed E-state index contributed by atoms with van der Waals surface area (Å²) in [4.78, 5) is 4.09. The van der Waals surface area contributed by atoms with Gasteiger partial charge in [0.2, 0.25) is 0 Å². The van der Waals surface area contributed by atoms with Gasteiger partial charge in [-0.15, -0.1) is 11.3 Å². The summed E-state index contributed by atoms with van der Waals surface area (Å²) in [5.74, 6) is 0. The van der Waals surface area contributed by atoms with Gasteiger partial charge in [-0.25, -0.2) is 0 Å². The van der Waals surface area contributed by atoms with Crippen LogP contribution in [0, 0.1) is 0 Å². The molecule has 1 atom stereocenters. The Kier molecular flexibility index (Phi) is 3.62. The molecule has 1 N–H and O–H groups in total. The van der Waals surface area contributed by atoms with Crippen LogP contribution in [-0.2, 0) is 6.54 Å². The summed E-state index contributed by atoms with van der Waals surface area (Å²) >= 11 is 1.86. The second-order valence-electron chi connectivity index (χ2n) is 6.02. The first-order chi connectivity index (χ1) is 7.95. The number of nitrogens with zero attached hydrogens (tertiary/aromatic N) is 1. The third-order valence-electron chi connectivity index (χ3n) is 4.05. The number of nitrogens with one attached hydrogen (secondary N) is 1. The van der Waals surface area contributed by atoms with Crippen molar-refractivity contribution in [2.45, 2.75) is 51.7 Å². The lowest BCUT2D eigenvalue weighted by Crippen LogP contribution is -2.66. The van der Waals surface area contributed by atoms with Gasteiger partial charge in [0.25, 0.3) is 0 Å². The lowest BCUT2D eigenvalue weighted by molar-refractivity contribution is 0.0254. The Morgan fingerprint density at radius 3 is 2.76 bits per heavy atom. The first-order valence-electron chi connectivity index (χ1n) is 6.48. The van der Waals surface area contributed by atoms with Crippen LogP contribution in [0.4, 0.5) is 0 Å². The third-order valence-corrected chi connectivity index (χ3v) is 4.91. The summed E-state index contributed by atoms with van der Waals surface area (Å²) in [6, 6.07) is 4.39. The van der Waals surface area contributed by atoms with Crippen molar-refractivity contribution >= 4 is 11.3 Å². The van der Waals surface area contributed by atoms with E-state index >= 15 is 0 Å². The molecule has 1 aliphatic heterocycles. The summed E-state index contributed by atoms with van der Waals surface area (Å²) in [6.45, 7) is 12.6. The molecule has 1 aromatic rings. The van der Waals surface area contributed by atoms with E-state index < -0.39 is 0 Å². The fraction of sp³-hybridized carbons (Fsp3) is 0.714. The molecular formula is C14H24N2S. The highest BCUT2D eigenvalue weighted by Gasteiger charge is 2.38. The maximum atomic E-state index is 3.71. The van der Waals surface area contributed by atoms with Gasteiger partial charge in [0.15, 0.2) is 0 Å². The van der Waals surface area contributed by atoms with Crippen molar-refractivity contribution in [1.82, 2.24) is 10.2 Å². The minimum absolute atomic E-state index is 0.249. The average Bonchev–Trinajstić information content (AvgIpc) is 2.77. The van der Waals surface area contributed by atoms with Gasteiger partial charge in [-0.2, -0.15) is 0 Å². The van der Waals surface area contributed by atoms with Gasteiger partial charge in [-0.1, -0.05) is 13.0 Å². The monoisotopic (exact) mass is 252 g/mol. The highest BCUT2D eigenvalue weighted by Crippen LogP contribution is 2.28. The van der Waals surface area contributed by atoms with Crippen LogP contribution < -0.4 is 5.32 Å². The molecule has 1 fully saturated rings. The Morgan fingerprint density at radius 2 is 2.18 bits per heavy atom. The minimum atomic E-state index is 0.249. The molecule has 3 heteroatoms. The molecule has 2 rings (SSSR count). The van der Waals surface area contributed by atoms with Crippen molar-refractivity contribution in [2.24, 2.45) is 0 Å². The molecule has 0 aromatic carbocycles. The Hall–Kier alpha value is -0.380. The second kappa shape index (κ2) is 4.71. The number of hydrogen-bond donors (Lipinski definition) is 1. The van der Waals surface area contributed by atoms with Crippen LogP contribution in [0.3, 0.4) is 0 Å². The first-order valence-corrected chi connectivity index (χ1v) is 7.36. The molecule has 0 amide bonds. The topological polar surface area (TPSA) is 15.3 Å². The van der Waals surface area contributed by atoms with Crippen molar-refractivity contribution in [1.29, 1.82) is 0 Å². The molecule has 1 unspecified atom stereocenters. The fourth-order valence-electron chi connectivity index (χ4n) is 2.33. The quantitative estimate of drug-likeness (QED) is 0.889. The van der Waals surface area contributed by atoms with Gasteiger partial charge >= 0.3 is 0 Å². The summed E-state index contributed by atoms with van der Waals surface area (Å²) in [6.07, 6.45) is 1.18. The van der Waals surface area contributed by atoms with Crippen molar-refractivity contribution in [3.8, 4) is 0 Å². The summed E-state index contributed by atoms with van der Waals surface area (Å²) in [5.41, 5.74) is 0.519. The number of thiophene rings is 1. The first kappa shape index (κ1) is 13.1. The zero-order chi connectivity index (χ0) is 12.5. The van der Waals surface area contributed by atoms with Crippen molar-refractivity contribution in [2.75, 3.05) is 13.1 Å². The Labute approximate surface area is 109 Å². The van der Waals surface area contributed by atoms with E-state index in [1.54, 1.807) is 0 Å². The fourth-order valence-corrected chi connectivity index (χ4v) is 3.05. The maximum absolute atomic E-state index is 3.71. The van der Waals surface area contributed by atoms with E-state index in [4.69, 9.17) is 0 Å². The molecule has 0 bridgehead atoms. The Balaban J connectivity index is 2.11. The maximum Gasteiger partial charge on any atom is 0.0334 e. The van der Waals surface area contributed by atoms with Crippen LogP contribution in [0.15, 0.2) is 17.5 Å². The molecule has 0 saturated carbocycles. The van der Waals surface area contributed by atoms with Gasteiger partial charge in [0.05, 0.1) is 0 Å². The van der Waals surface area contributed by atoms with E-state index in [9.17, 15) is 0 Å². The zero-order valence-corrected chi connectivity index (χ0v) is 12.2. The van der Waals surface area contributed by atoms with Gasteiger partial charge in [0, 0.05) is 35.6 Å². The standard InChI is InChI=1S/C14H24N2S/c1-5-14(4)11-16(13(2,3)10-15-14)9-12-7-6-8-17-12/h6-8,15H,5,9-11H2,1-4H3. The number of piperazine rings is 1. The Morgan fingerprint density at radius 1 is 1.41 bits per heavy atom. The van der Waals surface area contributed by atoms with Crippen LogP contribution in [0.2, 0.25) is 0 Å². The molecular weight excluding hydrogens is 228 g/mol. The smallest absolute Gasteiger partial charge is 0.0334 e. The summed E-state index contributed by atoms with van der Waals surface area (Å²) in [7, 11) is 0. The number of rotatable bonds is 3. The molecule has 0 spiro atoms. The van der Waals surface area contributed by atoms with Crippen LogP contribution in [0.25, 0.3) is 0 Å². The van der Waals surface area contributed by atoms with E-state index in [0.717, 1.165) is 19.6 Å². The molecule has 96 valence electrons. The van der Waals surface area contributed by atoms with Crippen molar-refractivity contribution in [3.05, 3.63) is 22.4 Å². The average molecular weight is 252 g/mol. The van der Waals surface area contributed by atoms with E-state index in [1.807, 2.05) is 11.3 Å². The van der Waals surface area contributed by atoms with Gasteiger partial charge in [-0.05, 0) is 38.6 Å².